The van der Waals surface area contributed by atoms with Crippen molar-refractivity contribution in [1.29, 1.82) is 0 Å². The van der Waals surface area contributed by atoms with Crippen LogP contribution < -0.4 is 5.73 Å². The molecular formula is C20H25FN4O3. The average Bonchev–Trinajstić information content (AvgIpc) is 3.24. The van der Waals surface area contributed by atoms with E-state index in [1.54, 1.807) is 12.1 Å². The van der Waals surface area contributed by atoms with Crippen molar-refractivity contribution < 1.29 is 18.4 Å². The summed E-state index contributed by atoms with van der Waals surface area (Å²) in [6.07, 6.45) is 3.37. The lowest BCUT2D eigenvalue weighted by molar-refractivity contribution is -0.136. The molecule has 3 heterocycles. The van der Waals surface area contributed by atoms with Crippen molar-refractivity contribution in [3.8, 4) is 11.4 Å². The number of benzene rings is 1. The Labute approximate surface area is 163 Å². The van der Waals surface area contributed by atoms with Crippen LogP contribution in [0.4, 0.5) is 4.39 Å². The lowest BCUT2D eigenvalue weighted by atomic mass is 9.90. The van der Waals surface area contributed by atoms with Crippen LogP contribution >= 0.6 is 0 Å². The van der Waals surface area contributed by atoms with Crippen molar-refractivity contribution in [1.82, 2.24) is 15.0 Å². The van der Waals surface area contributed by atoms with E-state index >= 15 is 0 Å². The molecule has 1 aromatic heterocycles. The Morgan fingerprint density at radius 1 is 1.29 bits per heavy atom. The lowest BCUT2D eigenvalue weighted by Gasteiger charge is -2.35. The second-order valence-electron chi connectivity index (χ2n) is 7.57. The zero-order valence-electron chi connectivity index (χ0n) is 15.7. The van der Waals surface area contributed by atoms with E-state index in [1.165, 1.54) is 12.1 Å². The van der Waals surface area contributed by atoms with Crippen LogP contribution in [0.25, 0.3) is 11.4 Å². The molecule has 7 nitrogen and oxygen atoms in total. The van der Waals surface area contributed by atoms with Crippen LogP contribution in [0.1, 0.15) is 37.5 Å². The maximum Gasteiger partial charge on any atom is 0.239 e. The Morgan fingerprint density at radius 3 is 2.89 bits per heavy atom. The number of hydrogen-bond acceptors (Lipinski definition) is 6. The van der Waals surface area contributed by atoms with E-state index in [0.717, 1.165) is 25.7 Å². The second kappa shape index (κ2) is 8.36. The van der Waals surface area contributed by atoms with Crippen molar-refractivity contribution in [3.05, 3.63) is 36.0 Å². The van der Waals surface area contributed by atoms with Crippen LogP contribution in [0.3, 0.4) is 0 Å². The Hall–Kier alpha value is -2.32. The summed E-state index contributed by atoms with van der Waals surface area (Å²) in [7, 11) is 0. The number of likely N-dealkylation sites (tertiary alicyclic amines) is 1. The van der Waals surface area contributed by atoms with E-state index in [4.69, 9.17) is 15.0 Å². The third-order valence-electron chi connectivity index (χ3n) is 5.67. The number of carbonyl (C=O) groups excluding carboxylic acids is 1. The number of piperidine rings is 1. The summed E-state index contributed by atoms with van der Waals surface area (Å²) in [5, 5.41) is 3.99. The normalized spacial score (nSPS) is 22.2. The largest absolute Gasteiger partial charge is 0.381 e. The minimum Gasteiger partial charge on any atom is -0.381 e. The predicted molar refractivity (Wildman–Crippen MR) is 99.8 cm³/mol. The minimum absolute atomic E-state index is 0.0125. The molecule has 2 aromatic rings. The highest BCUT2D eigenvalue weighted by Crippen LogP contribution is 2.29. The number of ether oxygens (including phenoxy) is 1. The Morgan fingerprint density at radius 2 is 2.11 bits per heavy atom. The average molecular weight is 388 g/mol. The molecule has 2 N–H and O–H groups in total. The molecule has 1 amide bonds. The first kappa shape index (κ1) is 19.0. The van der Waals surface area contributed by atoms with Crippen molar-refractivity contribution in [3.63, 3.8) is 0 Å². The van der Waals surface area contributed by atoms with E-state index in [-0.39, 0.29) is 23.6 Å². The van der Waals surface area contributed by atoms with Gasteiger partial charge in [0, 0.05) is 31.9 Å². The van der Waals surface area contributed by atoms with Gasteiger partial charge < -0.3 is 19.9 Å². The van der Waals surface area contributed by atoms with Crippen molar-refractivity contribution >= 4 is 5.91 Å². The molecule has 2 fully saturated rings. The van der Waals surface area contributed by atoms with E-state index in [9.17, 15) is 9.18 Å². The van der Waals surface area contributed by atoms with Crippen LogP contribution in [0.2, 0.25) is 0 Å². The monoisotopic (exact) mass is 388 g/mol. The molecule has 0 radical (unpaired) electrons. The minimum atomic E-state index is -0.492. The van der Waals surface area contributed by atoms with Gasteiger partial charge in [-0.1, -0.05) is 17.3 Å². The molecule has 2 aliphatic heterocycles. The van der Waals surface area contributed by atoms with Gasteiger partial charge in [0.05, 0.1) is 12.0 Å². The summed E-state index contributed by atoms with van der Waals surface area (Å²) < 4.78 is 24.2. The molecule has 0 bridgehead atoms. The third kappa shape index (κ3) is 4.07. The summed E-state index contributed by atoms with van der Waals surface area (Å²) >= 11 is 0. The fourth-order valence-corrected chi connectivity index (χ4v) is 4.01. The second-order valence-corrected chi connectivity index (χ2v) is 7.57. The third-order valence-corrected chi connectivity index (χ3v) is 5.67. The van der Waals surface area contributed by atoms with Gasteiger partial charge in [-0.25, -0.2) is 4.39 Å². The molecule has 0 aliphatic carbocycles. The zero-order chi connectivity index (χ0) is 19.5. The van der Waals surface area contributed by atoms with Crippen molar-refractivity contribution in [2.45, 2.75) is 37.6 Å². The summed E-state index contributed by atoms with van der Waals surface area (Å²) in [6, 6.07) is 5.60. The topological polar surface area (TPSA) is 94.5 Å². The Kier molecular flexibility index (Phi) is 5.68. The SMILES string of the molecule is NC(C(=O)N1CCCC(c2nc(-c3cccc(F)c3)no2)C1)C1CCOCC1. The van der Waals surface area contributed by atoms with E-state index in [1.807, 2.05) is 4.90 Å². The van der Waals surface area contributed by atoms with Crippen LogP contribution in [-0.2, 0) is 9.53 Å². The molecule has 4 rings (SSSR count). The Bertz CT molecular complexity index is 821. The first-order valence-corrected chi connectivity index (χ1v) is 9.83. The molecule has 1 aromatic carbocycles. The molecule has 150 valence electrons. The van der Waals surface area contributed by atoms with Crippen LogP contribution in [-0.4, -0.2) is 53.3 Å². The maximum atomic E-state index is 13.4. The molecule has 8 heteroatoms. The van der Waals surface area contributed by atoms with Gasteiger partial charge in [-0.15, -0.1) is 0 Å². The Balaban J connectivity index is 1.43. The highest BCUT2D eigenvalue weighted by molar-refractivity contribution is 5.82. The number of carbonyl (C=O) groups is 1. The van der Waals surface area contributed by atoms with Crippen LogP contribution in [0, 0.1) is 11.7 Å². The van der Waals surface area contributed by atoms with Gasteiger partial charge in [-0.3, -0.25) is 4.79 Å². The van der Waals surface area contributed by atoms with Crippen LogP contribution in [0.15, 0.2) is 28.8 Å². The number of nitrogens with zero attached hydrogens (tertiary/aromatic N) is 3. The molecule has 28 heavy (non-hydrogen) atoms. The number of halogens is 1. The van der Waals surface area contributed by atoms with Gasteiger partial charge in [0.2, 0.25) is 17.6 Å². The lowest BCUT2D eigenvalue weighted by Crippen LogP contribution is -2.51. The smallest absolute Gasteiger partial charge is 0.239 e. The number of nitrogens with two attached hydrogens (primary N) is 1. The van der Waals surface area contributed by atoms with Gasteiger partial charge >= 0.3 is 0 Å². The summed E-state index contributed by atoms with van der Waals surface area (Å²) in [5.41, 5.74) is 6.84. The predicted octanol–water partition coefficient (Wildman–Crippen LogP) is 2.34. The summed E-state index contributed by atoms with van der Waals surface area (Å²) in [5.74, 6) is 0.620. The van der Waals surface area contributed by atoms with Gasteiger partial charge in [-0.05, 0) is 43.7 Å². The first-order valence-electron chi connectivity index (χ1n) is 9.83. The number of hydrogen-bond donors (Lipinski definition) is 1. The molecule has 2 saturated heterocycles. The molecule has 2 atom stereocenters. The highest BCUT2D eigenvalue weighted by atomic mass is 19.1. The van der Waals surface area contributed by atoms with E-state index in [0.29, 0.717) is 43.6 Å². The van der Waals surface area contributed by atoms with Crippen molar-refractivity contribution in [2.75, 3.05) is 26.3 Å². The van der Waals surface area contributed by atoms with Gasteiger partial charge in [-0.2, -0.15) is 4.98 Å². The van der Waals surface area contributed by atoms with E-state index in [2.05, 4.69) is 10.1 Å². The number of amides is 1. The maximum absolute atomic E-state index is 13.4. The fraction of sp³-hybridized carbons (Fsp3) is 0.550. The number of rotatable bonds is 4. The first-order chi connectivity index (χ1) is 13.6. The van der Waals surface area contributed by atoms with Gasteiger partial charge in [0.15, 0.2) is 0 Å². The quantitative estimate of drug-likeness (QED) is 0.864. The number of aromatic nitrogens is 2. The van der Waals surface area contributed by atoms with Crippen LogP contribution in [0.5, 0.6) is 0 Å². The molecular weight excluding hydrogens is 363 g/mol. The molecule has 0 saturated carbocycles. The van der Waals surface area contributed by atoms with Gasteiger partial charge in [0.25, 0.3) is 0 Å². The fourth-order valence-electron chi connectivity index (χ4n) is 4.01. The van der Waals surface area contributed by atoms with Crippen molar-refractivity contribution in [2.24, 2.45) is 11.7 Å². The molecule has 2 aliphatic rings. The molecule has 2 unspecified atom stereocenters. The summed E-state index contributed by atoms with van der Waals surface area (Å²) in [6.45, 7) is 2.54. The van der Waals surface area contributed by atoms with Gasteiger partial charge in [0.1, 0.15) is 5.82 Å². The zero-order valence-corrected chi connectivity index (χ0v) is 15.7. The standard InChI is InChI=1S/C20H25FN4O3/c21-16-5-1-3-14(11-16)18-23-19(28-24-18)15-4-2-8-25(12-15)20(26)17(22)13-6-9-27-10-7-13/h1,3,5,11,13,15,17H,2,4,6-10,12,22H2. The van der Waals surface area contributed by atoms with E-state index < -0.39 is 6.04 Å². The molecule has 0 spiro atoms. The highest BCUT2D eigenvalue weighted by Gasteiger charge is 2.34. The summed E-state index contributed by atoms with van der Waals surface area (Å²) in [4.78, 5) is 19.2.